The smallest absolute Gasteiger partial charge is 0.231 e. The zero-order valence-corrected chi connectivity index (χ0v) is 13.5. The molecule has 0 fully saturated rings. The van der Waals surface area contributed by atoms with Crippen LogP contribution < -0.4 is 14.8 Å². The summed E-state index contributed by atoms with van der Waals surface area (Å²) in [6, 6.07) is 12.0. The second kappa shape index (κ2) is 6.40. The summed E-state index contributed by atoms with van der Waals surface area (Å²) in [5.74, 6) is 2.20. The molecular weight excluding hydrogens is 298 g/mol. The molecule has 0 aliphatic carbocycles. The normalized spacial score (nSPS) is 13.9. The SMILES string of the molecule is Cc1c(C[S@](C)=O)cccc1NCc1cccc2c1OCO2. The number of ether oxygens (including phenoxy) is 2. The zero-order valence-electron chi connectivity index (χ0n) is 12.7. The van der Waals surface area contributed by atoms with E-state index in [1.54, 1.807) is 6.26 Å². The molecule has 0 unspecified atom stereocenters. The summed E-state index contributed by atoms with van der Waals surface area (Å²) in [6.07, 6.45) is 1.73. The molecule has 0 bridgehead atoms. The second-order valence-corrected chi connectivity index (χ2v) is 6.75. The zero-order chi connectivity index (χ0) is 15.5. The van der Waals surface area contributed by atoms with Crippen LogP contribution in [0.25, 0.3) is 0 Å². The van der Waals surface area contributed by atoms with Crippen LogP contribution in [0.4, 0.5) is 5.69 Å². The highest BCUT2D eigenvalue weighted by Gasteiger charge is 2.17. The van der Waals surface area contributed by atoms with Crippen molar-refractivity contribution in [3.05, 3.63) is 53.1 Å². The van der Waals surface area contributed by atoms with Crippen LogP contribution in [0.3, 0.4) is 0 Å². The average molecular weight is 317 g/mol. The van der Waals surface area contributed by atoms with Gasteiger partial charge >= 0.3 is 0 Å². The van der Waals surface area contributed by atoms with E-state index in [1.807, 2.05) is 36.4 Å². The first-order valence-electron chi connectivity index (χ1n) is 7.15. The Kier molecular flexibility index (Phi) is 4.34. The Morgan fingerprint density at radius 1 is 1.14 bits per heavy atom. The lowest BCUT2D eigenvalue weighted by molar-refractivity contribution is 0.173. The molecule has 0 spiro atoms. The van der Waals surface area contributed by atoms with Crippen molar-refractivity contribution in [2.45, 2.75) is 19.2 Å². The van der Waals surface area contributed by atoms with Gasteiger partial charge in [0.2, 0.25) is 6.79 Å². The summed E-state index contributed by atoms with van der Waals surface area (Å²) in [6.45, 7) is 2.99. The molecule has 4 nitrogen and oxygen atoms in total. The number of benzene rings is 2. The third-order valence-corrected chi connectivity index (χ3v) is 4.47. The van der Waals surface area contributed by atoms with Crippen molar-refractivity contribution in [2.24, 2.45) is 0 Å². The number of fused-ring (bicyclic) bond motifs is 1. The highest BCUT2D eigenvalue weighted by molar-refractivity contribution is 7.83. The Morgan fingerprint density at radius 2 is 1.91 bits per heavy atom. The molecule has 2 aromatic carbocycles. The molecule has 0 radical (unpaired) electrons. The molecule has 1 aliphatic heterocycles. The van der Waals surface area contributed by atoms with Crippen molar-refractivity contribution in [1.82, 2.24) is 0 Å². The first-order valence-corrected chi connectivity index (χ1v) is 8.88. The molecular formula is C17H19NO3S. The van der Waals surface area contributed by atoms with Gasteiger partial charge in [0.25, 0.3) is 0 Å². The lowest BCUT2D eigenvalue weighted by Crippen LogP contribution is -2.04. The maximum absolute atomic E-state index is 11.4. The van der Waals surface area contributed by atoms with Gasteiger partial charge in [0.15, 0.2) is 11.5 Å². The quantitative estimate of drug-likeness (QED) is 0.920. The predicted octanol–water partition coefficient (Wildman–Crippen LogP) is 3.21. The minimum atomic E-state index is -0.839. The molecule has 0 saturated heterocycles. The number of rotatable bonds is 5. The van der Waals surface area contributed by atoms with Gasteiger partial charge in [0, 0.05) is 40.6 Å². The highest BCUT2D eigenvalue weighted by atomic mass is 32.2. The van der Waals surface area contributed by atoms with Gasteiger partial charge in [-0.2, -0.15) is 0 Å². The number of hydrogen-bond donors (Lipinski definition) is 1. The lowest BCUT2D eigenvalue weighted by atomic mass is 10.1. The first kappa shape index (κ1) is 14.9. The van der Waals surface area contributed by atoms with Crippen LogP contribution in [0, 0.1) is 6.92 Å². The lowest BCUT2D eigenvalue weighted by Gasteiger charge is -2.14. The van der Waals surface area contributed by atoms with Gasteiger partial charge in [-0.3, -0.25) is 4.21 Å². The van der Waals surface area contributed by atoms with Crippen LogP contribution in [0.15, 0.2) is 36.4 Å². The molecule has 22 heavy (non-hydrogen) atoms. The molecule has 2 aromatic rings. The molecule has 5 heteroatoms. The van der Waals surface area contributed by atoms with Crippen LogP contribution in [-0.2, 0) is 23.1 Å². The van der Waals surface area contributed by atoms with Gasteiger partial charge in [-0.25, -0.2) is 0 Å². The van der Waals surface area contributed by atoms with Crippen molar-refractivity contribution in [1.29, 1.82) is 0 Å². The van der Waals surface area contributed by atoms with E-state index in [1.165, 1.54) is 0 Å². The molecule has 1 heterocycles. The van der Waals surface area contributed by atoms with Gasteiger partial charge in [-0.15, -0.1) is 0 Å². The van der Waals surface area contributed by atoms with Crippen molar-refractivity contribution in [2.75, 3.05) is 18.4 Å². The van der Waals surface area contributed by atoms with E-state index < -0.39 is 10.8 Å². The van der Waals surface area contributed by atoms with E-state index in [2.05, 4.69) is 12.2 Å². The van der Waals surface area contributed by atoms with Crippen LogP contribution in [0.2, 0.25) is 0 Å². The van der Waals surface area contributed by atoms with E-state index in [-0.39, 0.29) is 6.79 Å². The second-order valence-electron chi connectivity index (χ2n) is 5.31. The summed E-state index contributed by atoms with van der Waals surface area (Å²) in [7, 11) is -0.839. The molecule has 0 aromatic heterocycles. The highest BCUT2D eigenvalue weighted by Crippen LogP contribution is 2.35. The van der Waals surface area contributed by atoms with E-state index in [0.717, 1.165) is 33.9 Å². The predicted molar refractivity (Wildman–Crippen MR) is 88.8 cm³/mol. The molecule has 1 aliphatic rings. The fourth-order valence-corrected chi connectivity index (χ4v) is 3.32. The summed E-state index contributed by atoms with van der Waals surface area (Å²) in [5.41, 5.74) is 4.38. The Hall–Kier alpha value is -2.01. The summed E-state index contributed by atoms with van der Waals surface area (Å²) in [5, 5.41) is 3.44. The first-order chi connectivity index (χ1) is 10.6. The Balaban J connectivity index is 1.77. The fraction of sp³-hybridized carbons (Fsp3) is 0.294. The Morgan fingerprint density at radius 3 is 2.73 bits per heavy atom. The minimum Gasteiger partial charge on any atom is -0.454 e. The average Bonchev–Trinajstić information content (AvgIpc) is 2.97. The maximum Gasteiger partial charge on any atom is 0.231 e. The Labute approximate surface area is 132 Å². The topological polar surface area (TPSA) is 47.6 Å². The number of nitrogens with one attached hydrogen (secondary N) is 1. The molecule has 1 N–H and O–H groups in total. The van der Waals surface area contributed by atoms with Crippen LogP contribution >= 0.6 is 0 Å². The number of para-hydroxylation sites is 1. The summed E-state index contributed by atoms with van der Waals surface area (Å²) in [4.78, 5) is 0. The van der Waals surface area contributed by atoms with Crippen molar-refractivity contribution < 1.29 is 13.7 Å². The Bertz CT molecular complexity index is 715. The van der Waals surface area contributed by atoms with E-state index in [0.29, 0.717) is 12.3 Å². The fourth-order valence-electron chi connectivity index (χ4n) is 2.57. The van der Waals surface area contributed by atoms with Gasteiger partial charge in [0.1, 0.15) is 0 Å². The largest absolute Gasteiger partial charge is 0.454 e. The van der Waals surface area contributed by atoms with Gasteiger partial charge in [-0.1, -0.05) is 24.3 Å². The molecule has 0 amide bonds. The molecule has 1 atom stereocenters. The molecule has 3 rings (SSSR count). The molecule has 116 valence electrons. The monoisotopic (exact) mass is 317 g/mol. The summed E-state index contributed by atoms with van der Waals surface area (Å²) < 4.78 is 22.4. The van der Waals surface area contributed by atoms with E-state index in [4.69, 9.17) is 9.47 Å². The summed E-state index contributed by atoms with van der Waals surface area (Å²) >= 11 is 0. The standard InChI is InChI=1S/C17H19NO3S/c1-12-14(10-22(2)19)6-3-7-15(12)18-9-13-5-4-8-16-17(13)21-11-20-16/h3-8,18H,9-11H2,1-2H3/t22-/m0/s1. The van der Waals surface area contributed by atoms with Gasteiger partial charge in [-0.05, 0) is 30.2 Å². The van der Waals surface area contributed by atoms with Gasteiger partial charge < -0.3 is 14.8 Å². The van der Waals surface area contributed by atoms with Crippen molar-refractivity contribution in [3.63, 3.8) is 0 Å². The number of anilines is 1. The van der Waals surface area contributed by atoms with Crippen LogP contribution in [0.1, 0.15) is 16.7 Å². The number of hydrogen-bond acceptors (Lipinski definition) is 4. The maximum atomic E-state index is 11.4. The molecule has 0 saturated carbocycles. The van der Waals surface area contributed by atoms with Gasteiger partial charge in [0.05, 0.1) is 0 Å². The third-order valence-electron chi connectivity index (χ3n) is 3.75. The van der Waals surface area contributed by atoms with Crippen molar-refractivity contribution in [3.8, 4) is 11.5 Å². The minimum absolute atomic E-state index is 0.281. The van der Waals surface area contributed by atoms with Crippen molar-refractivity contribution >= 4 is 16.5 Å². The van der Waals surface area contributed by atoms with Crippen LogP contribution in [-0.4, -0.2) is 17.3 Å². The van der Waals surface area contributed by atoms with E-state index in [9.17, 15) is 4.21 Å². The van der Waals surface area contributed by atoms with Crippen LogP contribution in [0.5, 0.6) is 11.5 Å². The third kappa shape index (κ3) is 3.09. The van der Waals surface area contributed by atoms with E-state index >= 15 is 0 Å².